The maximum Gasteiger partial charge on any atom is 0.261 e. The average molecular weight is 404 g/mol. The molecule has 2 aromatic heterocycles. The van der Waals surface area contributed by atoms with E-state index >= 15 is 0 Å². The summed E-state index contributed by atoms with van der Waals surface area (Å²) < 4.78 is 11.0. The molecule has 0 atom stereocenters. The van der Waals surface area contributed by atoms with Crippen LogP contribution in [0.4, 0.5) is 5.13 Å². The van der Waals surface area contributed by atoms with Gasteiger partial charge in [-0.1, -0.05) is 35.2 Å². The molecule has 2 N–H and O–H groups in total. The number of hydrogen-bond donors (Lipinski definition) is 2. The summed E-state index contributed by atoms with van der Waals surface area (Å²) in [5.74, 6) is 0.320. The zero-order chi connectivity index (χ0) is 19.1. The molecule has 27 heavy (non-hydrogen) atoms. The molecule has 8 nitrogen and oxygen atoms in total. The SMILES string of the molecule is COc1ccccc1C(=O)NC(=O)CSc1nnc(NCc2ccco2)s1. The molecular weight excluding hydrogens is 388 g/mol. The minimum atomic E-state index is -0.504. The molecule has 0 spiro atoms. The molecule has 0 aliphatic carbocycles. The van der Waals surface area contributed by atoms with Crippen LogP contribution >= 0.6 is 23.1 Å². The fourth-order valence-corrected chi connectivity index (χ4v) is 3.65. The van der Waals surface area contributed by atoms with Crippen LogP contribution < -0.4 is 15.4 Å². The highest BCUT2D eigenvalue weighted by molar-refractivity contribution is 8.01. The van der Waals surface area contributed by atoms with E-state index < -0.39 is 11.8 Å². The Hall–Kier alpha value is -2.85. The number of ether oxygens (including phenoxy) is 1. The number of carbonyl (C=O) groups excluding carboxylic acids is 2. The van der Waals surface area contributed by atoms with Gasteiger partial charge in [-0.2, -0.15) is 0 Å². The Morgan fingerprint density at radius 3 is 2.85 bits per heavy atom. The maximum atomic E-state index is 12.2. The number of para-hydroxylation sites is 1. The molecule has 3 rings (SSSR count). The van der Waals surface area contributed by atoms with Gasteiger partial charge in [0.1, 0.15) is 11.5 Å². The number of amides is 2. The second-order valence-corrected chi connectivity index (χ2v) is 7.37. The summed E-state index contributed by atoms with van der Waals surface area (Å²) in [4.78, 5) is 24.2. The maximum absolute atomic E-state index is 12.2. The highest BCUT2D eigenvalue weighted by Gasteiger charge is 2.15. The standard InChI is InChI=1S/C17H16N4O4S2/c1-24-13-7-3-2-6-12(13)15(23)19-14(22)10-26-17-21-20-16(27-17)18-9-11-5-4-8-25-11/h2-8H,9-10H2,1H3,(H,18,20)(H,19,22,23). The summed E-state index contributed by atoms with van der Waals surface area (Å²) in [6.45, 7) is 0.500. The molecule has 0 fully saturated rings. The van der Waals surface area contributed by atoms with Gasteiger partial charge in [0.2, 0.25) is 11.0 Å². The molecule has 10 heteroatoms. The zero-order valence-electron chi connectivity index (χ0n) is 14.3. The van der Waals surface area contributed by atoms with Crippen LogP contribution in [0.3, 0.4) is 0 Å². The van der Waals surface area contributed by atoms with Gasteiger partial charge in [0, 0.05) is 0 Å². The van der Waals surface area contributed by atoms with Crippen molar-refractivity contribution in [2.45, 2.75) is 10.9 Å². The second-order valence-electron chi connectivity index (χ2n) is 5.17. The third-order valence-electron chi connectivity index (χ3n) is 3.33. The molecule has 1 aromatic carbocycles. The van der Waals surface area contributed by atoms with Crippen LogP contribution in [0.25, 0.3) is 0 Å². The fraction of sp³-hybridized carbons (Fsp3) is 0.176. The van der Waals surface area contributed by atoms with Crippen LogP contribution in [0.1, 0.15) is 16.1 Å². The minimum Gasteiger partial charge on any atom is -0.496 e. The van der Waals surface area contributed by atoms with Gasteiger partial charge in [-0.15, -0.1) is 10.2 Å². The molecule has 0 saturated heterocycles. The Labute approximate surface area is 163 Å². The molecule has 0 aliphatic rings. The third kappa shape index (κ3) is 5.31. The number of nitrogens with zero attached hydrogens (tertiary/aromatic N) is 2. The van der Waals surface area contributed by atoms with Crippen molar-refractivity contribution in [3.63, 3.8) is 0 Å². The lowest BCUT2D eigenvalue weighted by Gasteiger charge is -2.07. The summed E-state index contributed by atoms with van der Waals surface area (Å²) >= 11 is 2.53. The molecule has 0 radical (unpaired) electrons. The largest absolute Gasteiger partial charge is 0.496 e. The van der Waals surface area contributed by atoms with E-state index in [2.05, 4.69) is 20.8 Å². The molecule has 3 aromatic rings. The molecular formula is C17H16N4O4S2. The van der Waals surface area contributed by atoms with E-state index in [0.717, 1.165) is 5.76 Å². The summed E-state index contributed by atoms with van der Waals surface area (Å²) in [5, 5.41) is 14.1. The normalized spacial score (nSPS) is 10.4. The predicted molar refractivity (Wildman–Crippen MR) is 102 cm³/mol. The average Bonchev–Trinajstić information content (AvgIpc) is 3.36. The predicted octanol–water partition coefficient (Wildman–Crippen LogP) is 2.80. The Bertz CT molecular complexity index is 911. The number of furan rings is 1. The van der Waals surface area contributed by atoms with Crippen LogP contribution in [-0.4, -0.2) is 34.9 Å². The topological polar surface area (TPSA) is 106 Å². The Morgan fingerprint density at radius 1 is 1.22 bits per heavy atom. The summed E-state index contributed by atoms with van der Waals surface area (Å²) in [7, 11) is 1.47. The van der Waals surface area contributed by atoms with E-state index in [1.807, 2.05) is 12.1 Å². The first-order chi connectivity index (χ1) is 13.2. The van der Waals surface area contributed by atoms with Gasteiger partial charge in [-0.3, -0.25) is 14.9 Å². The van der Waals surface area contributed by atoms with E-state index in [4.69, 9.17) is 9.15 Å². The van der Waals surface area contributed by atoms with Crippen molar-refractivity contribution in [3.05, 3.63) is 54.0 Å². The van der Waals surface area contributed by atoms with E-state index in [9.17, 15) is 9.59 Å². The highest BCUT2D eigenvalue weighted by Crippen LogP contribution is 2.25. The molecule has 2 heterocycles. The Kier molecular flexibility index (Phi) is 6.44. The minimum absolute atomic E-state index is 0.0493. The van der Waals surface area contributed by atoms with Gasteiger partial charge in [-0.25, -0.2) is 0 Å². The molecule has 140 valence electrons. The third-order valence-corrected chi connectivity index (χ3v) is 5.35. The number of hydrogen-bond acceptors (Lipinski definition) is 9. The van der Waals surface area contributed by atoms with Crippen LogP contribution in [0.5, 0.6) is 5.75 Å². The molecule has 0 bridgehead atoms. The monoisotopic (exact) mass is 404 g/mol. The number of nitrogens with one attached hydrogen (secondary N) is 2. The van der Waals surface area contributed by atoms with Gasteiger partial charge >= 0.3 is 0 Å². The number of thioether (sulfide) groups is 1. The smallest absolute Gasteiger partial charge is 0.261 e. The fourth-order valence-electron chi connectivity index (χ4n) is 2.10. The summed E-state index contributed by atoms with van der Waals surface area (Å²) in [6.07, 6.45) is 1.60. The van der Waals surface area contributed by atoms with E-state index in [1.165, 1.54) is 30.2 Å². The summed E-state index contributed by atoms with van der Waals surface area (Å²) in [5.41, 5.74) is 0.304. The first-order valence-electron chi connectivity index (χ1n) is 7.85. The lowest BCUT2D eigenvalue weighted by atomic mass is 10.2. The number of carbonyl (C=O) groups is 2. The van der Waals surface area contributed by atoms with Crippen LogP contribution in [0.2, 0.25) is 0 Å². The van der Waals surface area contributed by atoms with Crippen molar-refractivity contribution in [2.75, 3.05) is 18.2 Å². The Morgan fingerprint density at radius 2 is 2.07 bits per heavy atom. The molecule has 2 amide bonds. The number of rotatable bonds is 8. The number of anilines is 1. The summed E-state index contributed by atoms with van der Waals surface area (Å²) in [6, 6.07) is 10.4. The van der Waals surface area contributed by atoms with Gasteiger partial charge < -0.3 is 14.5 Å². The van der Waals surface area contributed by atoms with Gasteiger partial charge in [-0.05, 0) is 24.3 Å². The zero-order valence-corrected chi connectivity index (χ0v) is 15.9. The van der Waals surface area contributed by atoms with E-state index in [1.54, 1.807) is 30.5 Å². The van der Waals surface area contributed by atoms with Crippen molar-refractivity contribution in [3.8, 4) is 5.75 Å². The van der Waals surface area contributed by atoms with Crippen molar-refractivity contribution < 1.29 is 18.7 Å². The van der Waals surface area contributed by atoms with Crippen LogP contribution in [-0.2, 0) is 11.3 Å². The molecule has 0 aliphatic heterocycles. The van der Waals surface area contributed by atoms with Gasteiger partial charge in [0.05, 0.1) is 31.2 Å². The van der Waals surface area contributed by atoms with Gasteiger partial charge in [0.15, 0.2) is 4.34 Å². The Balaban J connectivity index is 1.47. The van der Waals surface area contributed by atoms with Gasteiger partial charge in [0.25, 0.3) is 5.91 Å². The first-order valence-corrected chi connectivity index (χ1v) is 9.65. The van der Waals surface area contributed by atoms with Crippen LogP contribution in [0, 0.1) is 0 Å². The van der Waals surface area contributed by atoms with Crippen molar-refractivity contribution in [1.29, 1.82) is 0 Å². The number of aromatic nitrogens is 2. The van der Waals surface area contributed by atoms with Crippen molar-refractivity contribution >= 4 is 40.0 Å². The van der Waals surface area contributed by atoms with Crippen molar-refractivity contribution in [2.24, 2.45) is 0 Å². The molecule has 0 saturated carbocycles. The lowest BCUT2D eigenvalue weighted by Crippen LogP contribution is -2.32. The lowest BCUT2D eigenvalue weighted by molar-refractivity contribution is -0.117. The highest BCUT2D eigenvalue weighted by atomic mass is 32.2. The number of benzene rings is 1. The quantitative estimate of drug-likeness (QED) is 0.552. The van der Waals surface area contributed by atoms with Crippen LogP contribution in [0.15, 0.2) is 51.4 Å². The number of imide groups is 1. The van der Waals surface area contributed by atoms with Crippen molar-refractivity contribution in [1.82, 2.24) is 15.5 Å². The number of methoxy groups -OCH3 is 1. The van der Waals surface area contributed by atoms with E-state index in [-0.39, 0.29) is 5.75 Å². The second kappa shape index (κ2) is 9.19. The molecule has 0 unspecified atom stereocenters. The van der Waals surface area contributed by atoms with E-state index in [0.29, 0.717) is 27.3 Å². The first kappa shape index (κ1) is 18.9.